The van der Waals surface area contributed by atoms with Crippen molar-refractivity contribution < 1.29 is 9.63 Å². The Morgan fingerprint density at radius 1 is 1.41 bits per heavy atom. The van der Waals surface area contributed by atoms with E-state index in [0.717, 1.165) is 5.69 Å². The molecule has 1 amide bonds. The first-order valence-electron chi connectivity index (χ1n) is 5.32. The fourth-order valence-electron chi connectivity index (χ4n) is 1.39. The highest BCUT2D eigenvalue weighted by Gasteiger charge is 2.04. The van der Waals surface area contributed by atoms with E-state index < -0.39 is 0 Å². The van der Waals surface area contributed by atoms with Gasteiger partial charge in [-0.05, 0) is 31.2 Å². The molecule has 88 valence electrons. The number of nitrogens with zero attached hydrogens (tertiary/aromatic N) is 2. The predicted molar refractivity (Wildman–Crippen MR) is 62.7 cm³/mol. The molecule has 2 aromatic rings. The van der Waals surface area contributed by atoms with Crippen LogP contribution in [-0.2, 0) is 4.84 Å². The third-order valence-corrected chi connectivity index (χ3v) is 2.24. The number of hydroxylamine groups is 1. The van der Waals surface area contributed by atoms with Crippen molar-refractivity contribution in [2.75, 3.05) is 6.61 Å². The van der Waals surface area contributed by atoms with E-state index in [0.29, 0.717) is 12.2 Å². The first kappa shape index (κ1) is 11.3. The molecule has 0 unspecified atom stereocenters. The third-order valence-electron chi connectivity index (χ3n) is 2.24. The van der Waals surface area contributed by atoms with Crippen molar-refractivity contribution in [3.05, 3.63) is 48.5 Å². The van der Waals surface area contributed by atoms with Gasteiger partial charge >= 0.3 is 0 Å². The molecule has 0 bridgehead atoms. The normalized spacial score (nSPS) is 10.2. The van der Waals surface area contributed by atoms with Gasteiger partial charge in [-0.3, -0.25) is 9.63 Å². The van der Waals surface area contributed by atoms with Crippen LogP contribution in [0, 0.1) is 0 Å². The molecular formula is C12H13N3O2. The summed E-state index contributed by atoms with van der Waals surface area (Å²) >= 11 is 0. The number of carbonyl (C=O) groups is 1. The summed E-state index contributed by atoms with van der Waals surface area (Å²) in [7, 11) is 0. The van der Waals surface area contributed by atoms with Crippen molar-refractivity contribution in [1.82, 2.24) is 15.0 Å². The molecule has 0 aliphatic rings. The average Bonchev–Trinajstić information content (AvgIpc) is 2.90. The van der Waals surface area contributed by atoms with Crippen molar-refractivity contribution in [2.24, 2.45) is 0 Å². The Balaban J connectivity index is 2.10. The lowest BCUT2D eigenvalue weighted by Crippen LogP contribution is -2.23. The molecule has 1 heterocycles. The minimum atomic E-state index is -0.246. The smallest absolute Gasteiger partial charge is 0.274 e. The molecular weight excluding hydrogens is 218 g/mol. The van der Waals surface area contributed by atoms with Gasteiger partial charge in [-0.2, -0.15) is 0 Å². The number of hydrogen-bond acceptors (Lipinski definition) is 3. The van der Waals surface area contributed by atoms with Gasteiger partial charge in [0.1, 0.15) is 0 Å². The Labute approximate surface area is 99.0 Å². The Bertz CT molecular complexity index is 477. The first-order valence-corrected chi connectivity index (χ1v) is 5.32. The van der Waals surface area contributed by atoms with Crippen LogP contribution in [0.1, 0.15) is 17.3 Å². The van der Waals surface area contributed by atoms with Gasteiger partial charge in [0, 0.05) is 23.6 Å². The average molecular weight is 231 g/mol. The molecule has 0 spiro atoms. The maximum absolute atomic E-state index is 11.5. The lowest BCUT2D eigenvalue weighted by atomic mass is 10.2. The van der Waals surface area contributed by atoms with Crippen LogP contribution < -0.4 is 5.48 Å². The number of amides is 1. The molecule has 1 N–H and O–H groups in total. The fraction of sp³-hybridized carbons (Fsp3) is 0.167. The van der Waals surface area contributed by atoms with E-state index in [1.807, 2.05) is 29.8 Å². The van der Waals surface area contributed by atoms with Gasteiger partial charge in [0.05, 0.1) is 12.9 Å². The highest BCUT2D eigenvalue weighted by Crippen LogP contribution is 2.09. The summed E-state index contributed by atoms with van der Waals surface area (Å²) < 4.78 is 1.87. The van der Waals surface area contributed by atoms with Gasteiger partial charge < -0.3 is 4.57 Å². The molecule has 0 fully saturated rings. The number of benzene rings is 1. The SMILES string of the molecule is CCONC(=O)c1ccc(-n2ccnc2)cc1. The van der Waals surface area contributed by atoms with Crippen LogP contribution in [-0.4, -0.2) is 22.1 Å². The zero-order chi connectivity index (χ0) is 12.1. The zero-order valence-corrected chi connectivity index (χ0v) is 9.46. The van der Waals surface area contributed by atoms with Crippen LogP contribution in [0.2, 0.25) is 0 Å². The van der Waals surface area contributed by atoms with Crippen molar-refractivity contribution in [3.63, 3.8) is 0 Å². The number of imidazole rings is 1. The third kappa shape index (κ3) is 2.70. The van der Waals surface area contributed by atoms with Crippen LogP contribution in [0.5, 0.6) is 0 Å². The fourth-order valence-corrected chi connectivity index (χ4v) is 1.39. The van der Waals surface area contributed by atoms with E-state index in [-0.39, 0.29) is 5.91 Å². The van der Waals surface area contributed by atoms with E-state index in [4.69, 9.17) is 4.84 Å². The molecule has 0 aliphatic heterocycles. The monoisotopic (exact) mass is 231 g/mol. The second-order valence-corrected chi connectivity index (χ2v) is 3.38. The van der Waals surface area contributed by atoms with Crippen LogP contribution in [0.4, 0.5) is 0 Å². The van der Waals surface area contributed by atoms with E-state index in [2.05, 4.69) is 10.5 Å². The maximum atomic E-state index is 11.5. The first-order chi connectivity index (χ1) is 8.31. The second kappa shape index (κ2) is 5.27. The quantitative estimate of drug-likeness (QED) is 0.812. The highest BCUT2D eigenvalue weighted by molar-refractivity contribution is 5.93. The molecule has 1 aromatic heterocycles. The zero-order valence-electron chi connectivity index (χ0n) is 9.46. The molecule has 1 aromatic carbocycles. The second-order valence-electron chi connectivity index (χ2n) is 3.38. The number of hydrogen-bond donors (Lipinski definition) is 1. The minimum Gasteiger partial charge on any atom is -0.306 e. The van der Waals surface area contributed by atoms with Gasteiger partial charge in [-0.15, -0.1) is 0 Å². The highest BCUT2D eigenvalue weighted by atomic mass is 16.6. The van der Waals surface area contributed by atoms with E-state index in [1.54, 1.807) is 24.7 Å². The van der Waals surface area contributed by atoms with Crippen molar-refractivity contribution >= 4 is 5.91 Å². The number of aromatic nitrogens is 2. The van der Waals surface area contributed by atoms with Crippen molar-refractivity contribution in [2.45, 2.75) is 6.92 Å². The largest absolute Gasteiger partial charge is 0.306 e. The molecule has 0 radical (unpaired) electrons. The summed E-state index contributed by atoms with van der Waals surface area (Å²) in [4.78, 5) is 20.3. The molecule has 17 heavy (non-hydrogen) atoms. The Morgan fingerprint density at radius 3 is 2.76 bits per heavy atom. The lowest BCUT2D eigenvalue weighted by molar-refractivity contribution is 0.0364. The molecule has 0 saturated carbocycles. The molecule has 5 heteroatoms. The van der Waals surface area contributed by atoms with Gasteiger partial charge in [-0.1, -0.05) is 0 Å². The number of carbonyl (C=O) groups excluding carboxylic acids is 1. The van der Waals surface area contributed by atoms with E-state index >= 15 is 0 Å². The minimum absolute atomic E-state index is 0.246. The molecule has 2 rings (SSSR count). The van der Waals surface area contributed by atoms with E-state index in [1.165, 1.54) is 0 Å². The molecule has 5 nitrogen and oxygen atoms in total. The maximum Gasteiger partial charge on any atom is 0.274 e. The van der Waals surface area contributed by atoms with Crippen LogP contribution in [0.25, 0.3) is 5.69 Å². The summed E-state index contributed by atoms with van der Waals surface area (Å²) in [6, 6.07) is 7.18. The topological polar surface area (TPSA) is 56.1 Å². The van der Waals surface area contributed by atoms with Gasteiger partial charge in [-0.25, -0.2) is 10.5 Å². The van der Waals surface area contributed by atoms with Crippen LogP contribution in [0.3, 0.4) is 0 Å². The predicted octanol–water partition coefficient (Wildman–Crippen LogP) is 1.55. The number of nitrogens with one attached hydrogen (secondary N) is 1. The van der Waals surface area contributed by atoms with Crippen molar-refractivity contribution in [1.29, 1.82) is 0 Å². The Kier molecular flexibility index (Phi) is 3.52. The molecule has 0 aliphatic carbocycles. The van der Waals surface area contributed by atoms with Gasteiger partial charge in [0.25, 0.3) is 5.91 Å². The summed E-state index contributed by atoms with van der Waals surface area (Å²) in [5, 5.41) is 0. The number of rotatable bonds is 4. The van der Waals surface area contributed by atoms with Crippen LogP contribution in [0.15, 0.2) is 43.0 Å². The summed E-state index contributed by atoms with van der Waals surface area (Å²) in [5.74, 6) is -0.246. The van der Waals surface area contributed by atoms with Gasteiger partial charge in [0.2, 0.25) is 0 Å². The standard InChI is InChI=1S/C12H13N3O2/c1-2-17-14-12(16)10-3-5-11(6-4-10)15-8-7-13-9-15/h3-9H,2H2,1H3,(H,14,16). The Morgan fingerprint density at radius 2 is 2.18 bits per heavy atom. The molecule has 0 atom stereocenters. The summed E-state index contributed by atoms with van der Waals surface area (Å²) in [6.07, 6.45) is 5.25. The Hall–Kier alpha value is -2.14. The van der Waals surface area contributed by atoms with Crippen LogP contribution >= 0.6 is 0 Å². The van der Waals surface area contributed by atoms with Gasteiger partial charge in [0.15, 0.2) is 0 Å². The molecule has 0 saturated heterocycles. The summed E-state index contributed by atoms with van der Waals surface area (Å²) in [6.45, 7) is 2.25. The van der Waals surface area contributed by atoms with Crippen molar-refractivity contribution in [3.8, 4) is 5.69 Å². The van der Waals surface area contributed by atoms with E-state index in [9.17, 15) is 4.79 Å². The lowest BCUT2D eigenvalue weighted by Gasteiger charge is -2.05. The summed E-state index contributed by atoms with van der Waals surface area (Å²) in [5.41, 5.74) is 3.86.